The first-order chi connectivity index (χ1) is 10.5. The van der Waals surface area contributed by atoms with E-state index in [-0.39, 0.29) is 5.11 Å². The highest BCUT2D eigenvalue weighted by Crippen LogP contribution is 2.16. The van der Waals surface area contributed by atoms with Crippen LogP contribution in [0.5, 0.6) is 0 Å². The van der Waals surface area contributed by atoms with E-state index in [0.29, 0.717) is 5.75 Å². The van der Waals surface area contributed by atoms with Crippen molar-refractivity contribution >= 4 is 34.8 Å². The number of hydrazone groups is 1. The zero-order chi connectivity index (χ0) is 15.9. The Bertz CT molecular complexity index is 665. The number of thiocarbonyl (C=S) groups is 1. The number of nitrogens with zero attached hydrogens (tertiary/aromatic N) is 3. The molecule has 0 atom stereocenters. The van der Waals surface area contributed by atoms with Crippen LogP contribution in [0.4, 0.5) is 0 Å². The highest BCUT2D eigenvalue weighted by Gasteiger charge is 2.07. The summed E-state index contributed by atoms with van der Waals surface area (Å²) in [4.78, 5) is 8.84. The highest BCUT2D eigenvalue weighted by atomic mass is 32.2. The number of aromatic nitrogens is 2. The lowest BCUT2D eigenvalue weighted by Crippen LogP contribution is -2.26. The maximum Gasteiger partial charge on any atom is 0.188 e. The summed E-state index contributed by atoms with van der Waals surface area (Å²) in [6.07, 6.45) is 0. The summed E-state index contributed by atoms with van der Waals surface area (Å²) in [5, 5.41) is 5.15. The number of aryl methyl sites for hydroxylation is 2. The van der Waals surface area contributed by atoms with E-state index in [9.17, 15) is 0 Å². The second-order valence-corrected chi connectivity index (χ2v) is 6.00. The van der Waals surface area contributed by atoms with Crippen LogP contribution in [-0.4, -0.2) is 26.5 Å². The Kier molecular flexibility index (Phi) is 5.85. The molecule has 1 aromatic carbocycles. The standard InChI is InChI=1S/C15H17N5S2/c1-10-8-11(2)18-15(17-10)22-9-13(19-20-14(16)21)12-6-4-3-5-7-12/h3-8H,9H2,1-2H3,(H3,16,20,21). The summed E-state index contributed by atoms with van der Waals surface area (Å²) >= 11 is 6.33. The molecule has 0 saturated heterocycles. The van der Waals surface area contributed by atoms with Gasteiger partial charge < -0.3 is 5.73 Å². The van der Waals surface area contributed by atoms with Gasteiger partial charge in [0.05, 0.1) is 5.71 Å². The van der Waals surface area contributed by atoms with E-state index in [2.05, 4.69) is 20.5 Å². The average molecular weight is 331 g/mol. The van der Waals surface area contributed by atoms with Crippen LogP contribution in [0.1, 0.15) is 17.0 Å². The van der Waals surface area contributed by atoms with Gasteiger partial charge in [0.2, 0.25) is 0 Å². The molecule has 5 nitrogen and oxygen atoms in total. The van der Waals surface area contributed by atoms with Gasteiger partial charge in [-0.05, 0) is 37.7 Å². The molecule has 1 aromatic heterocycles. The van der Waals surface area contributed by atoms with Crippen molar-refractivity contribution in [2.24, 2.45) is 10.8 Å². The van der Waals surface area contributed by atoms with E-state index in [1.807, 2.05) is 50.2 Å². The van der Waals surface area contributed by atoms with Gasteiger partial charge in [-0.1, -0.05) is 42.1 Å². The molecule has 3 N–H and O–H groups in total. The number of hydrogen-bond acceptors (Lipinski definition) is 5. The maximum atomic E-state index is 5.45. The van der Waals surface area contributed by atoms with Crippen molar-refractivity contribution in [1.82, 2.24) is 15.4 Å². The summed E-state index contributed by atoms with van der Waals surface area (Å²) in [6, 6.07) is 11.8. The minimum absolute atomic E-state index is 0.140. The topological polar surface area (TPSA) is 76.2 Å². The van der Waals surface area contributed by atoms with Gasteiger partial charge in [-0.15, -0.1) is 0 Å². The van der Waals surface area contributed by atoms with Gasteiger partial charge in [0.25, 0.3) is 0 Å². The van der Waals surface area contributed by atoms with Gasteiger partial charge in [-0.2, -0.15) is 5.10 Å². The van der Waals surface area contributed by atoms with E-state index in [0.717, 1.165) is 27.8 Å². The number of benzene rings is 1. The van der Waals surface area contributed by atoms with Gasteiger partial charge in [0.15, 0.2) is 10.3 Å². The summed E-state index contributed by atoms with van der Waals surface area (Å²) in [7, 11) is 0. The van der Waals surface area contributed by atoms with Crippen molar-refractivity contribution in [3.05, 3.63) is 53.3 Å². The predicted octanol–water partition coefficient (Wildman–Crippen LogP) is 2.42. The fourth-order valence-electron chi connectivity index (χ4n) is 1.82. The normalized spacial score (nSPS) is 11.3. The first-order valence-corrected chi connectivity index (χ1v) is 8.06. The summed E-state index contributed by atoms with van der Waals surface area (Å²) in [5.74, 6) is 0.614. The van der Waals surface area contributed by atoms with Gasteiger partial charge in [0, 0.05) is 17.1 Å². The largest absolute Gasteiger partial charge is 0.375 e. The quantitative estimate of drug-likeness (QED) is 0.288. The van der Waals surface area contributed by atoms with Crippen LogP contribution in [0.15, 0.2) is 46.7 Å². The molecule has 2 rings (SSSR count). The predicted molar refractivity (Wildman–Crippen MR) is 95.1 cm³/mol. The molecule has 7 heteroatoms. The van der Waals surface area contributed by atoms with Crippen molar-refractivity contribution in [2.45, 2.75) is 19.0 Å². The molecule has 0 spiro atoms. The maximum absolute atomic E-state index is 5.45. The molecule has 1 heterocycles. The third-order valence-electron chi connectivity index (χ3n) is 2.71. The Labute approximate surface area is 139 Å². The Balaban J connectivity index is 2.16. The van der Waals surface area contributed by atoms with Crippen LogP contribution in [0.2, 0.25) is 0 Å². The van der Waals surface area contributed by atoms with Gasteiger partial charge in [-0.3, -0.25) is 5.43 Å². The number of rotatable bonds is 5. The zero-order valence-electron chi connectivity index (χ0n) is 12.4. The van der Waals surface area contributed by atoms with Crippen molar-refractivity contribution in [2.75, 3.05) is 5.75 Å². The van der Waals surface area contributed by atoms with E-state index in [4.69, 9.17) is 18.0 Å². The molecule has 114 valence electrons. The number of nitrogens with two attached hydrogens (primary N) is 1. The second-order valence-electron chi connectivity index (χ2n) is 4.62. The lowest BCUT2D eigenvalue weighted by molar-refractivity contribution is 0.903. The summed E-state index contributed by atoms with van der Waals surface area (Å²) in [6.45, 7) is 3.92. The Morgan fingerprint density at radius 2 is 1.86 bits per heavy atom. The molecule has 0 radical (unpaired) electrons. The van der Waals surface area contributed by atoms with Crippen molar-refractivity contribution < 1.29 is 0 Å². The van der Waals surface area contributed by atoms with E-state index in [1.165, 1.54) is 11.8 Å². The molecule has 0 aliphatic rings. The fraction of sp³-hybridized carbons (Fsp3) is 0.200. The number of nitrogens with one attached hydrogen (secondary N) is 1. The monoisotopic (exact) mass is 331 g/mol. The molecule has 0 amide bonds. The van der Waals surface area contributed by atoms with Crippen molar-refractivity contribution in [3.63, 3.8) is 0 Å². The van der Waals surface area contributed by atoms with Gasteiger partial charge in [-0.25, -0.2) is 9.97 Å². The Morgan fingerprint density at radius 1 is 1.23 bits per heavy atom. The number of hydrogen-bond donors (Lipinski definition) is 2. The third-order valence-corrected chi connectivity index (χ3v) is 3.66. The molecule has 0 fully saturated rings. The highest BCUT2D eigenvalue weighted by molar-refractivity contribution is 7.99. The average Bonchev–Trinajstić information content (AvgIpc) is 2.47. The summed E-state index contributed by atoms with van der Waals surface area (Å²) < 4.78 is 0. The zero-order valence-corrected chi connectivity index (χ0v) is 14.0. The number of thioether (sulfide) groups is 1. The third kappa shape index (κ3) is 5.09. The molecule has 0 unspecified atom stereocenters. The van der Waals surface area contributed by atoms with Crippen LogP contribution in [0.25, 0.3) is 0 Å². The van der Waals surface area contributed by atoms with Crippen LogP contribution in [0.3, 0.4) is 0 Å². The van der Waals surface area contributed by atoms with Crippen molar-refractivity contribution in [1.29, 1.82) is 0 Å². The molecular formula is C15H17N5S2. The first kappa shape index (κ1) is 16.4. The van der Waals surface area contributed by atoms with Gasteiger partial charge in [0.1, 0.15) is 0 Å². The van der Waals surface area contributed by atoms with Crippen LogP contribution in [-0.2, 0) is 0 Å². The second kappa shape index (κ2) is 7.86. The molecule has 0 aliphatic carbocycles. The lowest BCUT2D eigenvalue weighted by atomic mass is 10.1. The summed E-state index contributed by atoms with van der Waals surface area (Å²) in [5.41, 5.74) is 11.8. The molecule has 0 bridgehead atoms. The van der Waals surface area contributed by atoms with E-state index >= 15 is 0 Å². The molecule has 22 heavy (non-hydrogen) atoms. The van der Waals surface area contributed by atoms with E-state index < -0.39 is 0 Å². The van der Waals surface area contributed by atoms with Crippen molar-refractivity contribution in [3.8, 4) is 0 Å². The molecule has 0 aliphatic heterocycles. The first-order valence-electron chi connectivity index (χ1n) is 6.67. The van der Waals surface area contributed by atoms with Crippen LogP contribution < -0.4 is 11.2 Å². The SMILES string of the molecule is Cc1cc(C)nc(SCC(=NNC(N)=S)c2ccccc2)n1. The van der Waals surface area contributed by atoms with E-state index in [1.54, 1.807) is 0 Å². The fourth-order valence-corrected chi connectivity index (χ4v) is 2.78. The smallest absolute Gasteiger partial charge is 0.188 e. The molecule has 0 saturated carbocycles. The molecule has 2 aromatic rings. The Hall–Kier alpha value is -1.99. The van der Waals surface area contributed by atoms with Crippen LogP contribution >= 0.6 is 24.0 Å². The van der Waals surface area contributed by atoms with Gasteiger partial charge >= 0.3 is 0 Å². The van der Waals surface area contributed by atoms with Crippen LogP contribution in [0, 0.1) is 13.8 Å². The lowest BCUT2D eigenvalue weighted by Gasteiger charge is -2.07. The minimum atomic E-state index is 0.140. The Morgan fingerprint density at radius 3 is 2.45 bits per heavy atom. The minimum Gasteiger partial charge on any atom is -0.375 e. The molecular weight excluding hydrogens is 314 g/mol.